The van der Waals surface area contributed by atoms with Crippen molar-refractivity contribution in [2.24, 2.45) is 0 Å². The molecule has 104 valence electrons. The van der Waals surface area contributed by atoms with E-state index in [0.29, 0.717) is 13.1 Å². The number of aliphatic hydroxyl groups is 2. The lowest BCUT2D eigenvalue weighted by Crippen LogP contribution is -2.30. The van der Waals surface area contributed by atoms with E-state index in [-0.39, 0.29) is 13.2 Å². The van der Waals surface area contributed by atoms with Crippen molar-refractivity contribution in [2.75, 3.05) is 38.3 Å². The molecule has 0 fully saturated rings. The van der Waals surface area contributed by atoms with Gasteiger partial charge in [-0.15, -0.1) is 0 Å². The van der Waals surface area contributed by atoms with Crippen LogP contribution in [0.4, 0.5) is 5.69 Å². The van der Waals surface area contributed by atoms with E-state index in [1.54, 1.807) is 6.08 Å². The molecule has 5 nitrogen and oxygen atoms in total. The molecular weight excluding hydrogens is 246 g/mol. The molecule has 1 aromatic rings. The SMILES string of the molecule is COC(=O)/C=C/c1ccccc1N(CCO)CCO. The molecule has 0 aromatic heterocycles. The topological polar surface area (TPSA) is 70.0 Å². The lowest BCUT2D eigenvalue weighted by molar-refractivity contribution is -0.134. The van der Waals surface area contributed by atoms with Crippen molar-refractivity contribution in [1.29, 1.82) is 0 Å². The van der Waals surface area contributed by atoms with Crippen LogP contribution in [-0.4, -0.2) is 49.6 Å². The van der Waals surface area contributed by atoms with Crippen LogP contribution in [0, 0.1) is 0 Å². The number of aliphatic hydroxyl groups excluding tert-OH is 2. The molecule has 0 radical (unpaired) electrons. The molecule has 1 rings (SSSR count). The maximum absolute atomic E-state index is 11.1. The number of benzene rings is 1. The maximum atomic E-state index is 11.1. The van der Waals surface area contributed by atoms with Crippen molar-refractivity contribution < 1.29 is 19.7 Å². The highest BCUT2D eigenvalue weighted by molar-refractivity contribution is 5.88. The fourth-order valence-corrected chi connectivity index (χ4v) is 1.74. The molecule has 0 atom stereocenters. The van der Waals surface area contributed by atoms with E-state index in [9.17, 15) is 4.79 Å². The number of anilines is 1. The van der Waals surface area contributed by atoms with Crippen LogP contribution in [0.1, 0.15) is 5.56 Å². The van der Waals surface area contributed by atoms with E-state index in [1.165, 1.54) is 13.2 Å². The lowest BCUT2D eigenvalue weighted by atomic mass is 10.1. The maximum Gasteiger partial charge on any atom is 0.330 e. The number of nitrogens with zero attached hydrogens (tertiary/aromatic N) is 1. The minimum Gasteiger partial charge on any atom is -0.466 e. The summed E-state index contributed by atoms with van der Waals surface area (Å²) >= 11 is 0. The molecule has 0 amide bonds. The molecule has 0 unspecified atom stereocenters. The first-order valence-corrected chi connectivity index (χ1v) is 6.04. The first kappa shape index (κ1) is 15.2. The second kappa shape index (κ2) is 8.29. The zero-order valence-electron chi connectivity index (χ0n) is 11.0. The van der Waals surface area contributed by atoms with Crippen LogP contribution in [0.5, 0.6) is 0 Å². The number of rotatable bonds is 7. The fourth-order valence-electron chi connectivity index (χ4n) is 1.74. The first-order valence-electron chi connectivity index (χ1n) is 6.04. The van der Waals surface area contributed by atoms with Gasteiger partial charge in [0.2, 0.25) is 0 Å². The number of hydrogen-bond donors (Lipinski definition) is 2. The van der Waals surface area contributed by atoms with Crippen LogP contribution < -0.4 is 4.90 Å². The minimum absolute atomic E-state index is 0.00491. The Morgan fingerprint density at radius 3 is 2.47 bits per heavy atom. The molecule has 1 aromatic carbocycles. The van der Waals surface area contributed by atoms with E-state index < -0.39 is 5.97 Å². The molecule has 0 saturated carbocycles. The zero-order valence-corrected chi connectivity index (χ0v) is 11.0. The van der Waals surface area contributed by atoms with E-state index in [0.717, 1.165) is 11.3 Å². The second-order valence-corrected chi connectivity index (χ2v) is 3.85. The summed E-state index contributed by atoms with van der Waals surface area (Å²) in [6, 6.07) is 7.46. The highest BCUT2D eigenvalue weighted by atomic mass is 16.5. The standard InChI is InChI=1S/C14H19NO4/c1-19-14(18)7-6-12-4-2-3-5-13(12)15(8-10-16)9-11-17/h2-7,16-17H,8-11H2,1H3/b7-6+. The Kier molecular flexibility index (Phi) is 6.63. The first-order chi connectivity index (χ1) is 9.22. The van der Waals surface area contributed by atoms with Crippen LogP contribution in [0.2, 0.25) is 0 Å². The van der Waals surface area contributed by atoms with E-state index in [2.05, 4.69) is 4.74 Å². The summed E-state index contributed by atoms with van der Waals surface area (Å²) < 4.78 is 4.55. The third-order valence-corrected chi connectivity index (χ3v) is 2.62. The number of hydrogen-bond acceptors (Lipinski definition) is 5. The van der Waals surface area contributed by atoms with Gasteiger partial charge in [-0.25, -0.2) is 4.79 Å². The zero-order chi connectivity index (χ0) is 14.1. The van der Waals surface area contributed by atoms with Gasteiger partial charge in [-0.05, 0) is 17.7 Å². The van der Waals surface area contributed by atoms with Gasteiger partial charge in [-0.1, -0.05) is 18.2 Å². The summed E-state index contributed by atoms with van der Waals surface area (Å²) in [6.45, 7) is 0.831. The number of carbonyl (C=O) groups excluding carboxylic acids is 1. The van der Waals surface area contributed by atoms with Gasteiger partial charge in [-0.3, -0.25) is 0 Å². The minimum atomic E-state index is -0.425. The number of para-hydroxylation sites is 1. The molecular formula is C14H19NO4. The van der Waals surface area contributed by atoms with Crippen molar-refractivity contribution in [2.45, 2.75) is 0 Å². The van der Waals surface area contributed by atoms with Gasteiger partial charge >= 0.3 is 5.97 Å². The van der Waals surface area contributed by atoms with Gasteiger partial charge in [-0.2, -0.15) is 0 Å². The number of carbonyl (C=O) groups is 1. The van der Waals surface area contributed by atoms with Crippen LogP contribution in [-0.2, 0) is 9.53 Å². The molecule has 2 N–H and O–H groups in total. The second-order valence-electron chi connectivity index (χ2n) is 3.85. The Balaban J connectivity index is 2.98. The highest BCUT2D eigenvalue weighted by Gasteiger charge is 2.08. The normalized spacial score (nSPS) is 10.7. The van der Waals surface area contributed by atoms with E-state index >= 15 is 0 Å². The molecule has 0 spiro atoms. The molecule has 19 heavy (non-hydrogen) atoms. The molecule has 0 aliphatic rings. The summed E-state index contributed by atoms with van der Waals surface area (Å²) in [4.78, 5) is 13.0. The van der Waals surface area contributed by atoms with Gasteiger partial charge in [0.25, 0.3) is 0 Å². The van der Waals surface area contributed by atoms with Crippen molar-refractivity contribution in [3.63, 3.8) is 0 Å². The Morgan fingerprint density at radius 1 is 1.26 bits per heavy atom. The van der Waals surface area contributed by atoms with Gasteiger partial charge in [0.1, 0.15) is 0 Å². The largest absolute Gasteiger partial charge is 0.466 e. The van der Waals surface area contributed by atoms with E-state index in [4.69, 9.17) is 10.2 Å². The third kappa shape index (κ3) is 4.73. The van der Waals surface area contributed by atoms with Crippen molar-refractivity contribution in [3.05, 3.63) is 35.9 Å². The van der Waals surface area contributed by atoms with Gasteiger partial charge in [0.15, 0.2) is 0 Å². The highest BCUT2D eigenvalue weighted by Crippen LogP contribution is 2.21. The Labute approximate surface area is 112 Å². The van der Waals surface area contributed by atoms with Crippen LogP contribution in [0.25, 0.3) is 6.08 Å². The molecule has 0 aliphatic heterocycles. The predicted octanol–water partition coefficient (Wildman–Crippen LogP) is 0.664. The number of methoxy groups -OCH3 is 1. The molecule has 0 aliphatic carbocycles. The summed E-state index contributed by atoms with van der Waals surface area (Å²) in [5.74, 6) is -0.425. The van der Waals surface area contributed by atoms with Gasteiger partial charge in [0.05, 0.1) is 20.3 Å². The Morgan fingerprint density at radius 2 is 1.89 bits per heavy atom. The lowest BCUT2D eigenvalue weighted by Gasteiger charge is -2.24. The quantitative estimate of drug-likeness (QED) is 0.560. The van der Waals surface area contributed by atoms with Crippen LogP contribution in [0.3, 0.4) is 0 Å². The van der Waals surface area contributed by atoms with Gasteiger partial charge in [0, 0.05) is 24.9 Å². The van der Waals surface area contributed by atoms with Crippen LogP contribution in [0.15, 0.2) is 30.3 Å². The molecule has 0 saturated heterocycles. The monoisotopic (exact) mass is 265 g/mol. The average molecular weight is 265 g/mol. The third-order valence-electron chi connectivity index (χ3n) is 2.62. The Bertz CT molecular complexity index is 425. The summed E-state index contributed by atoms with van der Waals surface area (Å²) in [5, 5.41) is 18.1. The number of esters is 1. The molecule has 5 heteroatoms. The summed E-state index contributed by atoms with van der Waals surface area (Å²) in [5.41, 5.74) is 1.68. The Hall–Kier alpha value is -1.85. The van der Waals surface area contributed by atoms with Crippen molar-refractivity contribution in [3.8, 4) is 0 Å². The van der Waals surface area contributed by atoms with Gasteiger partial charge < -0.3 is 19.8 Å². The molecule has 0 bridgehead atoms. The predicted molar refractivity (Wildman–Crippen MR) is 73.9 cm³/mol. The average Bonchev–Trinajstić information content (AvgIpc) is 2.45. The van der Waals surface area contributed by atoms with Crippen molar-refractivity contribution >= 4 is 17.7 Å². The van der Waals surface area contributed by atoms with E-state index in [1.807, 2.05) is 29.2 Å². The summed E-state index contributed by atoms with van der Waals surface area (Å²) in [7, 11) is 1.32. The number of ether oxygens (including phenoxy) is 1. The van der Waals surface area contributed by atoms with Crippen molar-refractivity contribution in [1.82, 2.24) is 0 Å². The molecule has 0 heterocycles. The summed E-state index contributed by atoms with van der Waals surface area (Å²) in [6.07, 6.45) is 3.00. The smallest absolute Gasteiger partial charge is 0.330 e. The fraction of sp³-hybridized carbons (Fsp3) is 0.357. The van der Waals surface area contributed by atoms with Crippen LogP contribution >= 0.6 is 0 Å².